The van der Waals surface area contributed by atoms with Gasteiger partial charge in [0, 0.05) is 0 Å². The summed E-state index contributed by atoms with van der Waals surface area (Å²) in [6, 6.07) is 0. The molecule has 0 rings (SSSR count). The van der Waals surface area contributed by atoms with Crippen LogP contribution in [0.3, 0.4) is 0 Å². The van der Waals surface area contributed by atoms with Gasteiger partial charge >= 0.3 is 5.97 Å². The highest BCUT2D eigenvalue weighted by Gasteiger charge is 2.06. The molecule has 0 saturated carbocycles. The molecule has 1 atom stereocenters. The Hall–Kier alpha value is -1.87. The van der Waals surface area contributed by atoms with E-state index in [0.29, 0.717) is 6.42 Å². The Kier molecular flexibility index (Phi) is 15.2. The molecular formula is C20H30O3. The second-order valence-corrected chi connectivity index (χ2v) is 5.20. The maximum Gasteiger partial charge on any atom is 0.305 e. The Morgan fingerprint density at radius 2 is 1.17 bits per heavy atom. The highest BCUT2D eigenvalue weighted by Crippen LogP contribution is 2.00. The fourth-order valence-electron chi connectivity index (χ4n) is 1.79. The van der Waals surface area contributed by atoms with Gasteiger partial charge in [0.15, 0.2) is 0 Å². The molecular weight excluding hydrogens is 288 g/mol. The number of allylic oxidation sites excluding steroid dienone is 9. The molecule has 0 aromatic carbocycles. The summed E-state index contributed by atoms with van der Waals surface area (Å²) in [6.07, 6.45) is 25.1. The van der Waals surface area contributed by atoms with Gasteiger partial charge in [-0.1, -0.05) is 67.7 Å². The number of aliphatic carboxylic acids is 1. The van der Waals surface area contributed by atoms with Crippen molar-refractivity contribution in [3.05, 3.63) is 60.8 Å². The molecule has 0 aliphatic heterocycles. The fraction of sp³-hybridized carbons (Fsp3) is 0.450. The lowest BCUT2D eigenvalue weighted by Crippen LogP contribution is -2.11. The van der Waals surface area contributed by atoms with Gasteiger partial charge in [0.25, 0.3) is 0 Å². The quantitative estimate of drug-likeness (QED) is 0.472. The highest BCUT2D eigenvalue weighted by molar-refractivity contribution is 5.67. The molecule has 0 aromatic rings. The molecule has 23 heavy (non-hydrogen) atoms. The molecule has 0 aliphatic carbocycles. The van der Waals surface area contributed by atoms with E-state index in [9.17, 15) is 9.90 Å². The van der Waals surface area contributed by atoms with Crippen molar-refractivity contribution in [2.24, 2.45) is 0 Å². The first kappa shape index (κ1) is 21.1. The Morgan fingerprint density at radius 3 is 1.57 bits per heavy atom. The number of aliphatic hydroxyl groups is 1. The second-order valence-electron chi connectivity index (χ2n) is 5.20. The van der Waals surface area contributed by atoms with E-state index in [2.05, 4.69) is 55.5 Å². The Morgan fingerprint density at radius 1 is 0.783 bits per heavy atom. The predicted molar refractivity (Wildman–Crippen MR) is 97.3 cm³/mol. The normalized spacial score (nSPS) is 14.2. The van der Waals surface area contributed by atoms with E-state index in [1.807, 2.05) is 12.2 Å². The minimum absolute atomic E-state index is 0.200. The van der Waals surface area contributed by atoms with E-state index in [1.165, 1.54) is 0 Å². The zero-order valence-electron chi connectivity index (χ0n) is 14.1. The molecule has 128 valence electrons. The van der Waals surface area contributed by atoms with Gasteiger partial charge in [-0.25, -0.2) is 0 Å². The van der Waals surface area contributed by atoms with E-state index in [-0.39, 0.29) is 6.42 Å². The number of carboxylic acids is 1. The van der Waals surface area contributed by atoms with Gasteiger partial charge in [-0.05, 0) is 38.5 Å². The van der Waals surface area contributed by atoms with E-state index in [0.717, 1.165) is 32.1 Å². The van der Waals surface area contributed by atoms with Crippen LogP contribution in [0.4, 0.5) is 0 Å². The minimum atomic E-state index is -0.968. The topological polar surface area (TPSA) is 57.5 Å². The number of carboxylic acid groups (broad SMARTS) is 1. The van der Waals surface area contributed by atoms with Crippen molar-refractivity contribution in [3.8, 4) is 0 Å². The van der Waals surface area contributed by atoms with E-state index in [1.54, 1.807) is 0 Å². The van der Waals surface area contributed by atoms with Gasteiger partial charge in [0.2, 0.25) is 0 Å². The van der Waals surface area contributed by atoms with E-state index >= 15 is 0 Å². The van der Waals surface area contributed by atoms with Crippen LogP contribution in [0.15, 0.2) is 60.8 Å². The Balaban J connectivity index is 3.58. The molecule has 1 unspecified atom stereocenters. The summed E-state index contributed by atoms with van der Waals surface area (Å²) in [5, 5.41) is 17.9. The number of rotatable bonds is 13. The van der Waals surface area contributed by atoms with Gasteiger partial charge < -0.3 is 10.2 Å². The molecule has 0 amide bonds. The first-order chi connectivity index (χ1) is 11.2. The van der Waals surface area contributed by atoms with Gasteiger partial charge in [0.05, 0.1) is 12.5 Å². The highest BCUT2D eigenvalue weighted by atomic mass is 16.4. The summed E-state index contributed by atoms with van der Waals surface area (Å²) < 4.78 is 0. The van der Waals surface area contributed by atoms with Crippen LogP contribution in [0.2, 0.25) is 0 Å². The minimum Gasteiger partial charge on any atom is -0.481 e. The van der Waals surface area contributed by atoms with E-state index < -0.39 is 12.1 Å². The first-order valence-corrected chi connectivity index (χ1v) is 8.31. The molecule has 0 fully saturated rings. The van der Waals surface area contributed by atoms with Crippen LogP contribution in [0, 0.1) is 0 Å². The third-order valence-electron chi connectivity index (χ3n) is 2.98. The summed E-state index contributed by atoms with van der Waals surface area (Å²) in [5.41, 5.74) is 0. The third kappa shape index (κ3) is 18.1. The van der Waals surface area contributed by atoms with Crippen molar-refractivity contribution < 1.29 is 15.0 Å². The van der Waals surface area contributed by atoms with Crippen molar-refractivity contribution in [1.29, 1.82) is 0 Å². The summed E-state index contributed by atoms with van der Waals surface area (Å²) in [5.74, 6) is -0.968. The number of aliphatic hydroxyl groups excluding tert-OH is 1. The van der Waals surface area contributed by atoms with Crippen molar-refractivity contribution >= 4 is 5.97 Å². The molecule has 0 heterocycles. The molecule has 0 saturated heterocycles. The average molecular weight is 318 g/mol. The lowest BCUT2D eigenvalue weighted by Gasteiger charge is -2.02. The maximum atomic E-state index is 10.4. The predicted octanol–water partition coefficient (Wildman–Crippen LogP) is 4.96. The Labute approximate surface area is 140 Å². The van der Waals surface area contributed by atoms with Crippen molar-refractivity contribution in [2.45, 2.75) is 58.0 Å². The third-order valence-corrected chi connectivity index (χ3v) is 2.98. The molecule has 3 heteroatoms. The van der Waals surface area contributed by atoms with Crippen molar-refractivity contribution in [2.75, 3.05) is 0 Å². The SMILES string of the molecule is CCC=CCC=CCC=CCC=CCC=CCC(O)CC(=O)O. The van der Waals surface area contributed by atoms with Crippen LogP contribution in [0.5, 0.6) is 0 Å². The van der Waals surface area contributed by atoms with E-state index in [4.69, 9.17) is 5.11 Å². The van der Waals surface area contributed by atoms with Crippen LogP contribution < -0.4 is 0 Å². The van der Waals surface area contributed by atoms with Crippen LogP contribution in [0.25, 0.3) is 0 Å². The summed E-state index contributed by atoms with van der Waals surface area (Å²) >= 11 is 0. The average Bonchev–Trinajstić information content (AvgIpc) is 2.50. The number of hydrogen-bond donors (Lipinski definition) is 2. The molecule has 0 spiro atoms. The van der Waals surface area contributed by atoms with Crippen molar-refractivity contribution in [1.82, 2.24) is 0 Å². The number of hydrogen-bond acceptors (Lipinski definition) is 2. The molecule has 0 radical (unpaired) electrons. The van der Waals surface area contributed by atoms with Crippen molar-refractivity contribution in [3.63, 3.8) is 0 Å². The summed E-state index contributed by atoms with van der Waals surface area (Å²) in [4.78, 5) is 10.4. The standard InChI is InChI=1S/C20H30O3/c1-2-3-4-5-6-7-8-9-10-11-12-13-14-15-16-17-19(21)18-20(22)23/h3-4,6-7,9-10,12-13,15-16,19,21H,2,5,8,11,14,17-18H2,1H3,(H,22,23). The van der Waals surface area contributed by atoms with Crippen LogP contribution in [-0.4, -0.2) is 22.3 Å². The first-order valence-electron chi connectivity index (χ1n) is 8.31. The second kappa shape index (κ2) is 16.5. The largest absolute Gasteiger partial charge is 0.481 e. The molecule has 3 nitrogen and oxygen atoms in total. The zero-order valence-corrected chi connectivity index (χ0v) is 14.1. The monoisotopic (exact) mass is 318 g/mol. The molecule has 0 bridgehead atoms. The van der Waals surface area contributed by atoms with Gasteiger partial charge in [-0.15, -0.1) is 0 Å². The maximum absolute atomic E-state index is 10.4. The smallest absolute Gasteiger partial charge is 0.305 e. The Bertz CT molecular complexity index is 428. The fourth-order valence-corrected chi connectivity index (χ4v) is 1.79. The van der Waals surface area contributed by atoms with Gasteiger partial charge in [0.1, 0.15) is 0 Å². The zero-order chi connectivity index (χ0) is 17.2. The lowest BCUT2D eigenvalue weighted by molar-refractivity contribution is -0.139. The van der Waals surface area contributed by atoms with Gasteiger partial charge in [-0.2, -0.15) is 0 Å². The summed E-state index contributed by atoms with van der Waals surface area (Å²) in [7, 11) is 0. The number of carbonyl (C=O) groups is 1. The van der Waals surface area contributed by atoms with Crippen LogP contribution in [0.1, 0.15) is 51.9 Å². The lowest BCUT2D eigenvalue weighted by atomic mass is 10.1. The summed E-state index contributed by atoms with van der Waals surface area (Å²) in [6.45, 7) is 2.13. The van der Waals surface area contributed by atoms with Gasteiger partial charge in [-0.3, -0.25) is 4.79 Å². The molecule has 0 aliphatic rings. The molecule has 0 aromatic heterocycles. The van der Waals surface area contributed by atoms with Crippen LogP contribution in [-0.2, 0) is 4.79 Å². The van der Waals surface area contributed by atoms with Crippen LogP contribution >= 0.6 is 0 Å². The molecule has 2 N–H and O–H groups in total.